The number of aromatic nitrogens is 4. The SMILES string of the molecule is COCCO[C@@H]1[C@H](C)[C@@H](CO)O[C@H]1n1cnc2c(NC(=O)c3ccccc3)ncnc21. The molecule has 0 bridgehead atoms. The van der Waals surface area contributed by atoms with Crippen LogP contribution in [-0.4, -0.2) is 69.7 Å². The maximum absolute atomic E-state index is 12.6. The van der Waals surface area contributed by atoms with Gasteiger partial charge in [0.15, 0.2) is 23.2 Å². The first kappa shape index (κ1) is 21.3. The van der Waals surface area contributed by atoms with E-state index in [4.69, 9.17) is 14.2 Å². The Morgan fingerprint density at radius 3 is 2.77 bits per heavy atom. The van der Waals surface area contributed by atoms with Crippen molar-refractivity contribution in [3.8, 4) is 0 Å². The lowest BCUT2D eigenvalue weighted by Crippen LogP contribution is -2.29. The molecule has 0 unspecified atom stereocenters. The van der Waals surface area contributed by atoms with Crippen LogP contribution in [0.15, 0.2) is 43.0 Å². The van der Waals surface area contributed by atoms with Crippen molar-refractivity contribution >= 4 is 22.9 Å². The van der Waals surface area contributed by atoms with Gasteiger partial charge in [0.2, 0.25) is 0 Å². The second kappa shape index (κ2) is 9.48. The van der Waals surface area contributed by atoms with Gasteiger partial charge in [0.1, 0.15) is 12.4 Å². The third kappa shape index (κ3) is 4.28. The number of carbonyl (C=O) groups is 1. The molecule has 1 aliphatic heterocycles. The number of amides is 1. The number of carbonyl (C=O) groups excluding carboxylic acids is 1. The molecule has 1 aliphatic rings. The number of ether oxygens (including phenoxy) is 3. The monoisotopic (exact) mass is 427 g/mol. The van der Waals surface area contributed by atoms with Crippen molar-refractivity contribution in [1.29, 1.82) is 0 Å². The minimum Gasteiger partial charge on any atom is -0.394 e. The zero-order chi connectivity index (χ0) is 21.8. The molecule has 0 spiro atoms. The molecule has 164 valence electrons. The summed E-state index contributed by atoms with van der Waals surface area (Å²) in [7, 11) is 1.61. The van der Waals surface area contributed by atoms with Crippen LogP contribution in [0.5, 0.6) is 0 Å². The van der Waals surface area contributed by atoms with Crippen LogP contribution in [0.25, 0.3) is 11.2 Å². The molecule has 1 aromatic carbocycles. The van der Waals surface area contributed by atoms with E-state index in [2.05, 4.69) is 20.3 Å². The van der Waals surface area contributed by atoms with Gasteiger partial charge in [-0.3, -0.25) is 9.36 Å². The molecule has 3 aromatic rings. The highest BCUT2D eigenvalue weighted by atomic mass is 16.6. The summed E-state index contributed by atoms with van der Waals surface area (Å²) in [6, 6.07) is 8.86. The summed E-state index contributed by atoms with van der Waals surface area (Å²) in [5, 5.41) is 12.5. The molecule has 31 heavy (non-hydrogen) atoms. The van der Waals surface area contributed by atoms with Gasteiger partial charge >= 0.3 is 0 Å². The highest BCUT2D eigenvalue weighted by molar-refractivity contribution is 6.06. The van der Waals surface area contributed by atoms with E-state index in [0.717, 1.165) is 0 Å². The van der Waals surface area contributed by atoms with Gasteiger partial charge in [-0.25, -0.2) is 15.0 Å². The number of imidazole rings is 1. The number of nitrogens with one attached hydrogen (secondary N) is 1. The Bertz CT molecular complexity index is 1030. The van der Waals surface area contributed by atoms with Crippen LogP contribution in [-0.2, 0) is 14.2 Å². The fourth-order valence-corrected chi connectivity index (χ4v) is 3.69. The molecule has 3 heterocycles. The molecule has 2 N–H and O–H groups in total. The van der Waals surface area contributed by atoms with Crippen molar-refractivity contribution in [2.75, 3.05) is 32.2 Å². The summed E-state index contributed by atoms with van der Waals surface area (Å²) in [5.41, 5.74) is 1.44. The molecule has 0 aliphatic carbocycles. The number of anilines is 1. The van der Waals surface area contributed by atoms with E-state index in [1.165, 1.54) is 6.33 Å². The Labute approximate surface area is 179 Å². The van der Waals surface area contributed by atoms with E-state index in [-0.39, 0.29) is 30.6 Å². The quantitative estimate of drug-likeness (QED) is 0.521. The summed E-state index contributed by atoms with van der Waals surface area (Å²) < 4.78 is 18.9. The number of nitrogens with zero attached hydrogens (tertiary/aromatic N) is 4. The van der Waals surface area contributed by atoms with Gasteiger partial charge < -0.3 is 24.6 Å². The average Bonchev–Trinajstić information content (AvgIpc) is 3.36. The van der Waals surface area contributed by atoms with Crippen molar-refractivity contribution in [2.45, 2.75) is 25.4 Å². The summed E-state index contributed by atoms with van der Waals surface area (Å²) in [5.74, 6) is -0.0374. The smallest absolute Gasteiger partial charge is 0.256 e. The molecule has 4 rings (SSSR count). The lowest BCUT2D eigenvalue weighted by Gasteiger charge is -2.22. The van der Waals surface area contributed by atoms with Gasteiger partial charge in [-0.2, -0.15) is 0 Å². The number of hydrogen-bond acceptors (Lipinski definition) is 8. The second-order valence-corrected chi connectivity index (χ2v) is 7.30. The number of aliphatic hydroxyl groups excluding tert-OH is 1. The Morgan fingerprint density at radius 2 is 2.03 bits per heavy atom. The van der Waals surface area contributed by atoms with Crippen molar-refractivity contribution < 1.29 is 24.1 Å². The number of benzene rings is 1. The van der Waals surface area contributed by atoms with Crippen LogP contribution in [0, 0.1) is 5.92 Å². The van der Waals surface area contributed by atoms with Gasteiger partial charge in [0.25, 0.3) is 5.91 Å². The van der Waals surface area contributed by atoms with E-state index in [1.807, 2.05) is 13.0 Å². The maximum Gasteiger partial charge on any atom is 0.256 e. The third-order valence-corrected chi connectivity index (χ3v) is 5.38. The predicted molar refractivity (Wildman–Crippen MR) is 111 cm³/mol. The van der Waals surface area contributed by atoms with Crippen molar-refractivity contribution in [1.82, 2.24) is 19.5 Å². The Balaban J connectivity index is 1.62. The van der Waals surface area contributed by atoms with Crippen LogP contribution in [0.4, 0.5) is 5.82 Å². The largest absolute Gasteiger partial charge is 0.394 e. The fourth-order valence-electron chi connectivity index (χ4n) is 3.69. The molecular weight excluding hydrogens is 402 g/mol. The molecule has 2 aromatic heterocycles. The molecule has 10 heteroatoms. The number of aliphatic hydroxyl groups is 1. The van der Waals surface area contributed by atoms with Gasteiger partial charge in [0.05, 0.1) is 32.3 Å². The molecule has 1 fully saturated rings. The zero-order valence-corrected chi connectivity index (χ0v) is 17.3. The zero-order valence-electron chi connectivity index (χ0n) is 17.3. The predicted octanol–water partition coefficient (Wildman–Crippen LogP) is 1.64. The minimum absolute atomic E-state index is 0.0524. The summed E-state index contributed by atoms with van der Waals surface area (Å²) in [6.07, 6.45) is 1.70. The van der Waals surface area contributed by atoms with Crippen molar-refractivity contribution in [3.63, 3.8) is 0 Å². The van der Waals surface area contributed by atoms with Gasteiger partial charge in [-0.1, -0.05) is 25.1 Å². The first-order chi connectivity index (χ1) is 15.1. The topological polar surface area (TPSA) is 121 Å². The Morgan fingerprint density at radius 1 is 1.23 bits per heavy atom. The number of methoxy groups -OCH3 is 1. The van der Waals surface area contributed by atoms with Crippen LogP contribution >= 0.6 is 0 Å². The van der Waals surface area contributed by atoms with Gasteiger partial charge in [-0.05, 0) is 12.1 Å². The average molecular weight is 427 g/mol. The minimum atomic E-state index is -0.540. The molecule has 4 atom stereocenters. The second-order valence-electron chi connectivity index (χ2n) is 7.30. The molecule has 10 nitrogen and oxygen atoms in total. The van der Waals surface area contributed by atoms with E-state index < -0.39 is 6.23 Å². The first-order valence-corrected chi connectivity index (χ1v) is 10.0. The number of hydrogen-bond donors (Lipinski definition) is 2. The molecule has 1 amide bonds. The molecule has 0 radical (unpaired) electrons. The van der Waals surface area contributed by atoms with Crippen LogP contribution in [0.3, 0.4) is 0 Å². The summed E-state index contributed by atoms with van der Waals surface area (Å²) in [6.45, 7) is 2.69. The summed E-state index contributed by atoms with van der Waals surface area (Å²) >= 11 is 0. The lowest BCUT2D eigenvalue weighted by molar-refractivity contribution is -0.0757. The number of fused-ring (bicyclic) bond motifs is 1. The highest BCUT2D eigenvalue weighted by Gasteiger charge is 2.44. The lowest BCUT2D eigenvalue weighted by atomic mass is 10.0. The highest BCUT2D eigenvalue weighted by Crippen LogP contribution is 2.37. The van der Waals surface area contributed by atoms with E-state index in [9.17, 15) is 9.90 Å². The maximum atomic E-state index is 12.6. The first-order valence-electron chi connectivity index (χ1n) is 10.0. The molecule has 1 saturated heterocycles. The molecule has 0 saturated carbocycles. The molecular formula is C21H25N5O5. The van der Waals surface area contributed by atoms with Crippen molar-refractivity contribution in [3.05, 3.63) is 48.5 Å². The standard InChI is InChI=1S/C21H25N5O5/c1-13-15(10-27)31-21(17(13)30-9-8-29-2)26-12-24-16-18(22-11-23-19(16)26)25-20(28)14-6-4-3-5-7-14/h3-7,11-13,15,17,21,27H,8-10H2,1-2H3,(H,22,23,25,28)/t13-,15-,17-,21-/m1/s1. The normalized spacial score (nSPS) is 23.3. The third-order valence-electron chi connectivity index (χ3n) is 5.38. The number of rotatable bonds is 8. The van der Waals surface area contributed by atoms with E-state index in [1.54, 1.807) is 42.3 Å². The Kier molecular flexibility index (Phi) is 6.52. The van der Waals surface area contributed by atoms with Gasteiger partial charge in [-0.15, -0.1) is 0 Å². The summed E-state index contributed by atoms with van der Waals surface area (Å²) in [4.78, 5) is 25.5. The van der Waals surface area contributed by atoms with Crippen LogP contribution in [0.2, 0.25) is 0 Å². The van der Waals surface area contributed by atoms with Crippen molar-refractivity contribution in [2.24, 2.45) is 5.92 Å². The fraction of sp³-hybridized carbons (Fsp3) is 0.429. The van der Waals surface area contributed by atoms with Crippen LogP contribution in [0.1, 0.15) is 23.5 Å². The Hall–Kier alpha value is -2.92. The van der Waals surface area contributed by atoms with Crippen LogP contribution < -0.4 is 5.32 Å². The van der Waals surface area contributed by atoms with E-state index >= 15 is 0 Å². The van der Waals surface area contributed by atoms with E-state index in [0.29, 0.717) is 35.8 Å². The van der Waals surface area contributed by atoms with Gasteiger partial charge in [0, 0.05) is 18.6 Å².